The van der Waals surface area contributed by atoms with Crippen molar-refractivity contribution in [1.29, 1.82) is 0 Å². The molecular weight excluding hydrogens is 312 g/mol. The zero-order valence-corrected chi connectivity index (χ0v) is 13.5. The van der Waals surface area contributed by atoms with Gasteiger partial charge in [-0.05, 0) is 38.7 Å². The highest BCUT2D eigenvalue weighted by atomic mass is 16.6. The van der Waals surface area contributed by atoms with Gasteiger partial charge in [0.1, 0.15) is 0 Å². The molecule has 1 aromatic rings. The van der Waals surface area contributed by atoms with Gasteiger partial charge in [-0.15, -0.1) is 0 Å². The van der Waals surface area contributed by atoms with Crippen molar-refractivity contribution >= 4 is 23.3 Å². The minimum absolute atomic E-state index is 0.00419. The molecule has 8 heteroatoms. The fourth-order valence-corrected chi connectivity index (χ4v) is 3.56. The van der Waals surface area contributed by atoms with Crippen molar-refractivity contribution in [2.75, 3.05) is 5.32 Å². The Balaban J connectivity index is 1.64. The maximum atomic E-state index is 11.8. The number of nitrogens with one attached hydrogen (secondary N) is 1. The number of carbonyl (C=O) groups excluding carboxylic acids is 2. The smallest absolute Gasteiger partial charge is 0.314 e. The molecule has 128 valence electrons. The fraction of sp³-hybridized carbons (Fsp3) is 0.562. The molecule has 3 rings (SSSR count). The van der Waals surface area contributed by atoms with Gasteiger partial charge in [0, 0.05) is 36.7 Å². The lowest BCUT2D eigenvalue weighted by Gasteiger charge is -2.33. The van der Waals surface area contributed by atoms with Gasteiger partial charge < -0.3 is 5.32 Å². The summed E-state index contributed by atoms with van der Waals surface area (Å²) >= 11 is 0. The number of carbonyl (C=O) groups is 2. The first-order valence-electron chi connectivity index (χ1n) is 8.19. The van der Waals surface area contributed by atoms with Crippen molar-refractivity contribution < 1.29 is 14.5 Å². The van der Waals surface area contributed by atoms with Gasteiger partial charge in [0.05, 0.1) is 4.92 Å². The van der Waals surface area contributed by atoms with E-state index in [4.69, 9.17) is 0 Å². The van der Waals surface area contributed by atoms with E-state index in [1.54, 1.807) is 19.2 Å². The Labute approximate surface area is 139 Å². The van der Waals surface area contributed by atoms with Gasteiger partial charge in [0.25, 0.3) is 0 Å². The molecule has 1 aliphatic carbocycles. The van der Waals surface area contributed by atoms with Gasteiger partial charge in [-0.1, -0.05) is 0 Å². The fourth-order valence-electron chi connectivity index (χ4n) is 3.56. The Hall–Kier alpha value is -2.51. The normalized spacial score (nSPS) is 24.3. The van der Waals surface area contributed by atoms with Gasteiger partial charge in [-0.3, -0.25) is 24.6 Å². The largest absolute Gasteiger partial charge is 0.362 e. The predicted octanol–water partition coefficient (Wildman–Crippen LogP) is 2.17. The quantitative estimate of drug-likeness (QED) is 0.514. The van der Waals surface area contributed by atoms with E-state index >= 15 is 0 Å². The van der Waals surface area contributed by atoms with Crippen LogP contribution in [0.2, 0.25) is 0 Å². The first kappa shape index (κ1) is 16.4. The summed E-state index contributed by atoms with van der Waals surface area (Å²) in [5, 5.41) is 14.4. The number of imide groups is 1. The molecule has 2 amide bonds. The van der Waals surface area contributed by atoms with E-state index in [0.717, 1.165) is 25.7 Å². The lowest BCUT2D eigenvalue weighted by molar-refractivity contribution is -0.384. The van der Waals surface area contributed by atoms with Crippen LogP contribution >= 0.6 is 0 Å². The second kappa shape index (κ2) is 6.54. The Morgan fingerprint density at radius 3 is 2.42 bits per heavy atom. The van der Waals surface area contributed by atoms with Crippen molar-refractivity contribution in [1.82, 2.24) is 9.88 Å². The number of hydrogen-bond donors (Lipinski definition) is 1. The Bertz CT molecular complexity index is 667. The van der Waals surface area contributed by atoms with Crippen LogP contribution in [-0.2, 0) is 9.59 Å². The molecule has 2 fully saturated rings. The Morgan fingerprint density at radius 1 is 1.21 bits per heavy atom. The Morgan fingerprint density at radius 2 is 1.83 bits per heavy atom. The molecule has 0 atom stereocenters. The van der Waals surface area contributed by atoms with Crippen molar-refractivity contribution in [3.05, 3.63) is 27.9 Å². The summed E-state index contributed by atoms with van der Waals surface area (Å²) in [4.78, 5) is 40.0. The molecular formula is C16H20N4O4. The van der Waals surface area contributed by atoms with Crippen LogP contribution in [0.4, 0.5) is 11.5 Å². The van der Waals surface area contributed by atoms with Crippen LogP contribution in [0.1, 0.15) is 44.1 Å². The molecule has 24 heavy (non-hydrogen) atoms. The van der Waals surface area contributed by atoms with Crippen molar-refractivity contribution in [2.24, 2.45) is 0 Å². The number of anilines is 1. The standard InChI is InChI=1S/C16H20N4O4/c1-10-8-9-17-16(15(10)20(23)24)18-11-2-4-12(5-3-11)19-13(21)6-7-14(19)22/h8-9,11-12H,2-7H2,1H3,(H,17,18). The highest BCUT2D eigenvalue weighted by molar-refractivity contribution is 6.02. The van der Waals surface area contributed by atoms with E-state index in [-0.39, 0.29) is 35.4 Å². The summed E-state index contributed by atoms with van der Waals surface area (Å²) in [5.74, 6) is 0.136. The number of nitro groups is 1. The summed E-state index contributed by atoms with van der Waals surface area (Å²) in [5.41, 5.74) is 0.573. The van der Waals surface area contributed by atoms with Crippen LogP contribution in [0.5, 0.6) is 0 Å². The molecule has 2 heterocycles. The minimum atomic E-state index is -0.419. The maximum Gasteiger partial charge on any atom is 0.314 e. The molecule has 1 saturated carbocycles. The van der Waals surface area contributed by atoms with E-state index in [9.17, 15) is 19.7 Å². The van der Waals surface area contributed by atoms with Crippen molar-refractivity contribution in [2.45, 2.75) is 57.5 Å². The SMILES string of the molecule is Cc1ccnc(NC2CCC(N3C(=O)CCC3=O)CC2)c1[N+](=O)[O-]. The third-order valence-corrected chi connectivity index (χ3v) is 4.80. The van der Waals surface area contributed by atoms with Crippen LogP contribution < -0.4 is 5.32 Å². The lowest BCUT2D eigenvalue weighted by Crippen LogP contribution is -2.43. The number of likely N-dealkylation sites (tertiary alicyclic amines) is 1. The molecule has 0 radical (unpaired) electrons. The van der Waals surface area contributed by atoms with Gasteiger partial charge >= 0.3 is 5.69 Å². The average Bonchev–Trinajstić information content (AvgIpc) is 2.87. The van der Waals surface area contributed by atoms with Crippen LogP contribution in [0, 0.1) is 17.0 Å². The number of rotatable bonds is 4. The zero-order valence-electron chi connectivity index (χ0n) is 13.5. The molecule has 8 nitrogen and oxygen atoms in total. The zero-order chi connectivity index (χ0) is 17.3. The van der Waals surface area contributed by atoms with Crippen LogP contribution in [0.15, 0.2) is 12.3 Å². The third-order valence-electron chi connectivity index (χ3n) is 4.80. The first-order valence-corrected chi connectivity index (χ1v) is 8.19. The number of aromatic nitrogens is 1. The maximum absolute atomic E-state index is 11.8. The highest BCUT2D eigenvalue weighted by Crippen LogP contribution is 2.31. The molecule has 1 N–H and O–H groups in total. The van der Waals surface area contributed by atoms with Gasteiger partial charge in [0.15, 0.2) is 0 Å². The highest BCUT2D eigenvalue weighted by Gasteiger charge is 2.37. The number of hydrogen-bond acceptors (Lipinski definition) is 6. The first-order chi connectivity index (χ1) is 11.5. The molecule has 1 saturated heterocycles. The number of aryl methyl sites for hydroxylation is 1. The molecule has 0 spiro atoms. The average molecular weight is 332 g/mol. The third kappa shape index (κ3) is 3.08. The van der Waals surface area contributed by atoms with E-state index in [2.05, 4.69) is 10.3 Å². The van der Waals surface area contributed by atoms with E-state index in [1.807, 2.05) is 0 Å². The van der Waals surface area contributed by atoms with Gasteiger partial charge in [-0.25, -0.2) is 4.98 Å². The van der Waals surface area contributed by atoms with Crippen molar-refractivity contribution in [3.63, 3.8) is 0 Å². The predicted molar refractivity (Wildman–Crippen MR) is 86.4 cm³/mol. The van der Waals surface area contributed by atoms with Crippen LogP contribution in [-0.4, -0.2) is 38.7 Å². The van der Waals surface area contributed by atoms with Crippen molar-refractivity contribution in [3.8, 4) is 0 Å². The molecule has 0 bridgehead atoms. The molecule has 0 unspecified atom stereocenters. The monoisotopic (exact) mass is 332 g/mol. The molecule has 2 aliphatic rings. The summed E-state index contributed by atoms with van der Waals surface area (Å²) in [6, 6.07) is 1.64. The van der Waals surface area contributed by atoms with Gasteiger partial charge in [-0.2, -0.15) is 0 Å². The number of pyridine rings is 1. The minimum Gasteiger partial charge on any atom is -0.362 e. The molecule has 1 aromatic heterocycles. The number of amides is 2. The Kier molecular flexibility index (Phi) is 4.46. The summed E-state index contributed by atoms with van der Waals surface area (Å²) < 4.78 is 0. The lowest BCUT2D eigenvalue weighted by atomic mass is 9.90. The summed E-state index contributed by atoms with van der Waals surface area (Å²) in [6.07, 6.45) is 5.11. The topological polar surface area (TPSA) is 105 Å². The van der Waals surface area contributed by atoms with Crippen LogP contribution in [0.25, 0.3) is 0 Å². The van der Waals surface area contributed by atoms with Crippen LogP contribution in [0.3, 0.4) is 0 Å². The second-order valence-corrected chi connectivity index (χ2v) is 6.39. The van der Waals surface area contributed by atoms with E-state index < -0.39 is 4.92 Å². The number of nitrogens with zero attached hydrogens (tertiary/aromatic N) is 3. The molecule has 0 aromatic carbocycles. The van der Waals surface area contributed by atoms with Gasteiger partial charge in [0.2, 0.25) is 17.6 Å². The second-order valence-electron chi connectivity index (χ2n) is 6.39. The van der Waals surface area contributed by atoms with E-state index in [1.165, 1.54) is 4.90 Å². The summed E-state index contributed by atoms with van der Waals surface area (Å²) in [7, 11) is 0. The molecule has 1 aliphatic heterocycles. The van der Waals surface area contributed by atoms with E-state index in [0.29, 0.717) is 18.4 Å². The summed E-state index contributed by atoms with van der Waals surface area (Å²) in [6.45, 7) is 1.69.